The van der Waals surface area contributed by atoms with Crippen LogP contribution in [-0.4, -0.2) is 11.1 Å². The third-order valence-electron chi connectivity index (χ3n) is 3.07. The molecule has 3 heteroatoms. The van der Waals surface area contributed by atoms with Crippen molar-refractivity contribution in [3.05, 3.63) is 59.9 Å². The molecule has 0 unspecified atom stereocenters. The summed E-state index contributed by atoms with van der Waals surface area (Å²) in [6.45, 7) is 6.97. The summed E-state index contributed by atoms with van der Waals surface area (Å²) in [5, 5.41) is 3.49. The second kappa shape index (κ2) is 7.06. The number of rotatable bonds is 6. The standard InChI is InChI=1S/C17H22N2O/c1-13(2)20-17-10-5-4-8-15(17)12-19-14(3)16-9-6-7-11-18-16/h4-11,13-14,19H,12H2,1-3H3/t14-/m0/s1. The monoisotopic (exact) mass is 270 g/mol. The minimum Gasteiger partial charge on any atom is -0.491 e. The Bertz CT molecular complexity index is 526. The van der Waals surface area contributed by atoms with Gasteiger partial charge in [-0.2, -0.15) is 0 Å². The summed E-state index contributed by atoms with van der Waals surface area (Å²) >= 11 is 0. The predicted octanol–water partition coefficient (Wildman–Crippen LogP) is 3.72. The maximum Gasteiger partial charge on any atom is 0.124 e. The van der Waals surface area contributed by atoms with Crippen LogP contribution in [0.5, 0.6) is 5.75 Å². The largest absolute Gasteiger partial charge is 0.491 e. The van der Waals surface area contributed by atoms with Gasteiger partial charge in [0, 0.05) is 24.3 Å². The van der Waals surface area contributed by atoms with Crippen molar-refractivity contribution in [2.75, 3.05) is 0 Å². The van der Waals surface area contributed by atoms with Crippen LogP contribution in [0.15, 0.2) is 48.7 Å². The van der Waals surface area contributed by atoms with E-state index in [-0.39, 0.29) is 12.1 Å². The second-order valence-electron chi connectivity index (χ2n) is 5.13. The van der Waals surface area contributed by atoms with E-state index in [9.17, 15) is 0 Å². The Morgan fingerprint density at radius 3 is 2.50 bits per heavy atom. The van der Waals surface area contributed by atoms with Gasteiger partial charge in [-0.1, -0.05) is 24.3 Å². The molecular formula is C17H22N2O. The zero-order valence-corrected chi connectivity index (χ0v) is 12.3. The van der Waals surface area contributed by atoms with Gasteiger partial charge in [-0.3, -0.25) is 4.98 Å². The van der Waals surface area contributed by atoms with E-state index >= 15 is 0 Å². The number of ether oxygens (including phenoxy) is 1. The molecule has 0 aliphatic heterocycles. The molecule has 0 bridgehead atoms. The van der Waals surface area contributed by atoms with Crippen molar-refractivity contribution in [1.82, 2.24) is 10.3 Å². The molecule has 1 atom stereocenters. The van der Waals surface area contributed by atoms with E-state index in [0.29, 0.717) is 0 Å². The molecule has 0 spiro atoms. The van der Waals surface area contributed by atoms with Crippen molar-refractivity contribution in [3.63, 3.8) is 0 Å². The summed E-state index contributed by atoms with van der Waals surface area (Å²) < 4.78 is 5.83. The van der Waals surface area contributed by atoms with Crippen LogP contribution < -0.4 is 10.1 Å². The molecule has 1 aromatic carbocycles. The second-order valence-corrected chi connectivity index (χ2v) is 5.13. The van der Waals surface area contributed by atoms with E-state index in [1.807, 2.05) is 56.4 Å². The zero-order chi connectivity index (χ0) is 14.4. The molecule has 2 rings (SSSR count). The molecule has 2 aromatic rings. The first-order valence-corrected chi connectivity index (χ1v) is 7.05. The molecule has 0 aliphatic rings. The average molecular weight is 270 g/mol. The van der Waals surface area contributed by atoms with Crippen molar-refractivity contribution in [2.24, 2.45) is 0 Å². The lowest BCUT2D eigenvalue weighted by atomic mass is 10.1. The van der Waals surface area contributed by atoms with Gasteiger partial charge in [-0.05, 0) is 39.0 Å². The molecule has 0 saturated heterocycles. The molecule has 0 fully saturated rings. The van der Waals surface area contributed by atoms with Gasteiger partial charge in [0.15, 0.2) is 0 Å². The van der Waals surface area contributed by atoms with Crippen molar-refractivity contribution in [3.8, 4) is 5.75 Å². The van der Waals surface area contributed by atoms with Crippen LogP contribution in [0.25, 0.3) is 0 Å². The fraction of sp³-hybridized carbons (Fsp3) is 0.353. The molecule has 0 aliphatic carbocycles. The van der Waals surface area contributed by atoms with Gasteiger partial charge in [0.25, 0.3) is 0 Å². The number of para-hydroxylation sites is 1. The Morgan fingerprint density at radius 2 is 1.80 bits per heavy atom. The van der Waals surface area contributed by atoms with Gasteiger partial charge in [-0.15, -0.1) is 0 Å². The normalized spacial score (nSPS) is 12.4. The highest BCUT2D eigenvalue weighted by atomic mass is 16.5. The topological polar surface area (TPSA) is 34.1 Å². The molecular weight excluding hydrogens is 248 g/mol. The van der Waals surface area contributed by atoms with Crippen LogP contribution in [-0.2, 0) is 6.54 Å². The number of benzene rings is 1. The molecule has 0 radical (unpaired) electrons. The van der Waals surface area contributed by atoms with E-state index in [2.05, 4.69) is 23.3 Å². The third-order valence-corrected chi connectivity index (χ3v) is 3.07. The Hall–Kier alpha value is -1.87. The van der Waals surface area contributed by atoms with Crippen LogP contribution in [0.4, 0.5) is 0 Å². The van der Waals surface area contributed by atoms with Crippen LogP contribution in [0, 0.1) is 0 Å². The van der Waals surface area contributed by atoms with Crippen LogP contribution in [0.3, 0.4) is 0 Å². The smallest absolute Gasteiger partial charge is 0.124 e. The molecule has 1 N–H and O–H groups in total. The van der Waals surface area contributed by atoms with Crippen LogP contribution in [0.2, 0.25) is 0 Å². The molecule has 106 valence electrons. The van der Waals surface area contributed by atoms with Crippen molar-refractivity contribution < 1.29 is 4.74 Å². The number of nitrogens with one attached hydrogen (secondary N) is 1. The van der Waals surface area contributed by atoms with Crippen LogP contribution in [0.1, 0.15) is 38.1 Å². The lowest BCUT2D eigenvalue weighted by Gasteiger charge is -2.17. The molecule has 0 saturated carbocycles. The zero-order valence-electron chi connectivity index (χ0n) is 12.3. The van der Waals surface area contributed by atoms with Gasteiger partial charge < -0.3 is 10.1 Å². The average Bonchev–Trinajstić information content (AvgIpc) is 2.46. The predicted molar refractivity (Wildman–Crippen MR) is 81.7 cm³/mol. The maximum absolute atomic E-state index is 5.83. The van der Waals surface area contributed by atoms with E-state index in [1.54, 1.807) is 0 Å². The van der Waals surface area contributed by atoms with Gasteiger partial charge in [0.05, 0.1) is 11.8 Å². The highest BCUT2D eigenvalue weighted by Crippen LogP contribution is 2.20. The van der Waals surface area contributed by atoms with Gasteiger partial charge >= 0.3 is 0 Å². The SMILES string of the molecule is CC(C)Oc1ccccc1CN[C@@H](C)c1ccccn1. The lowest BCUT2D eigenvalue weighted by Crippen LogP contribution is -2.20. The Kier molecular flexibility index (Phi) is 5.13. The summed E-state index contributed by atoms with van der Waals surface area (Å²) in [5.74, 6) is 0.947. The number of nitrogens with zero attached hydrogens (tertiary/aromatic N) is 1. The maximum atomic E-state index is 5.83. The highest BCUT2D eigenvalue weighted by Gasteiger charge is 2.08. The summed E-state index contributed by atoms with van der Waals surface area (Å²) in [6.07, 6.45) is 2.01. The van der Waals surface area contributed by atoms with E-state index in [1.165, 1.54) is 5.56 Å². The van der Waals surface area contributed by atoms with Crippen molar-refractivity contribution in [2.45, 2.75) is 39.5 Å². The summed E-state index contributed by atoms with van der Waals surface area (Å²) in [4.78, 5) is 4.37. The minimum absolute atomic E-state index is 0.185. The number of hydrogen-bond donors (Lipinski definition) is 1. The molecule has 1 heterocycles. The number of aromatic nitrogens is 1. The van der Waals surface area contributed by atoms with E-state index in [0.717, 1.165) is 18.0 Å². The van der Waals surface area contributed by atoms with Crippen molar-refractivity contribution >= 4 is 0 Å². The van der Waals surface area contributed by atoms with E-state index < -0.39 is 0 Å². The Labute approximate surface area is 121 Å². The van der Waals surface area contributed by atoms with Gasteiger partial charge in [0.1, 0.15) is 5.75 Å². The number of hydrogen-bond acceptors (Lipinski definition) is 3. The Morgan fingerprint density at radius 1 is 1.05 bits per heavy atom. The van der Waals surface area contributed by atoms with E-state index in [4.69, 9.17) is 4.74 Å². The van der Waals surface area contributed by atoms with Crippen LogP contribution >= 0.6 is 0 Å². The van der Waals surface area contributed by atoms with Crippen molar-refractivity contribution in [1.29, 1.82) is 0 Å². The first kappa shape index (κ1) is 14.5. The molecule has 3 nitrogen and oxygen atoms in total. The van der Waals surface area contributed by atoms with Gasteiger partial charge in [0.2, 0.25) is 0 Å². The summed E-state index contributed by atoms with van der Waals surface area (Å²) in [6, 6.07) is 14.3. The third kappa shape index (κ3) is 4.07. The minimum atomic E-state index is 0.185. The molecule has 0 amide bonds. The fourth-order valence-electron chi connectivity index (χ4n) is 2.02. The summed E-state index contributed by atoms with van der Waals surface area (Å²) in [5.41, 5.74) is 2.22. The lowest BCUT2D eigenvalue weighted by molar-refractivity contribution is 0.239. The molecule has 20 heavy (non-hydrogen) atoms. The highest BCUT2D eigenvalue weighted by molar-refractivity contribution is 5.33. The van der Waals surface area contributed by atoms with Gasteiger partial charge in [-0.25, -0.2) is 0 Å². The number of pyridine rings is 1. The fourth-order valence-corrected chi connectivity index (χ4v) is 2.02. The first-order chi connectivity index (χ1) is 9.66. The molecule has 1 aromatic heterocycles. The summed E-state index contributed by atoms with van der Waals surface area (Å²) in [7, 11) is 0. The quantitative estimate of drug-likeness (QED) is 0.868. The first-order valence-electron chi connectivity index (χ1n) is 7.05. The Balaban J connectivity index is 2.00.